The number of carbonyl (C=O) groups is 2. The van der Waals surface area contributed by atoms with Crippen LogP contribution in [0.25, 0.3) is 6.08 Å². The van der Waals surface area contributed by atoms with Gasteiger partial charge in [0.05, 0.1) is 18.0 Å². The number of furan rings is 1. The summed E-state index contributed by atoms with van der Waals surface area (Å²) >= 11 is 1.72. The fraction of sp³-hybridized carbons (Fsp3) is 0.130. The smallest absolute Gasteiger partial charge is 0.331 e. The number of amides is 1. The Morgan fingerprint density at radius 1 is 1.07 bits per heavy atom. The molecule has 0 bridgehead atoms. The normalized spacial score (nSPS) is 15.9. The van der Waals surface area contributed by atoms with Gasteiger partial charge in [-0.05, 0) is 35.9 Å². The second-order valence-corrected chi connectivity index (χ2v) is 7.49. The number of hydrogen-bond acceptors (Lipinski definition) is 5. The zero-order valence-electron chi connectivity index (χ0n) is 15.6. The summed E-state index contributed by atoms with van der Waals surface area (Å²) in [5.41, 5.74) is 1.89. The van der Waals surface area contributed by atoms with Crippen molar-refractivity contribution in [1.82, 2.24) is 0 Å². The third-order valence-electron chi connectivity index (χ3n) is 4.55. The van der Waals surface area contributed by atoms with Crippen molar-refractivity contribution in [2.75, 3.05) is 17.3 Å². The van der Waals surface area contributed by atoms with Crippen LogP contribution in [-0.4, -0.2) is 24.2 Å². The van der Waals surface area contributed by atoms with Crippen molar-refractivity contribution in [3.63, 3.8) is 0 Å². The molecule has 0 fully saturated rings. The number of rotatable bonds is 5. The molecule has 29 heavy (non-hydrogen) atoms. The van der Waals surface area contributed by atoms with Gasteiger partial charge in [0.2, 0.25) is 0 Å². The Morgan fingerprint density at radius 2 is 1.86 bits per heavy atom. The summed E-state index contributed by atoms with van der Waals surface area (Å²) in [4.78, 5) is 27.9. The molecule has 0 saturated carbocycles. The third-order valence-corrected chi connectivity index (χ3v) is 5.69. The van der Waals surface area contributed by atoms with E-state index in [9.17, 15) is 9.59 Å². The first-order valence-electron chi connectivity index (χ1n) is 9.19. The largest absolute Gasteiger partial charge is 0.465 e. The molecule has 0 unspecified atom stereocenters. The second kappa shape index (κ2) is 8.84. The van der Waals surface area contributed by atoms with Gasteiger partial charge in [-0.3, -0.25) is 9.69 Å². The fourth-order valence-electron chi connectivity index (χ4n) is 3.20. The molecule has 1 atom stereocenters. The molecule has 6 heteroatoms. The van der Waals surface area contributed by atoms with E-state index in [1.807, 2.05) is 54.6 Å². The maximum Gasteiger partial charge on any atom is 0.331 e. The van der Waals surface area contributed by atoms with Crippen molar-refractivity contribution >= 4 is 35.4 Å². The van der Waals surface area contributed by atoms with Crippen LogP contribution in [0, 0.1) is 0 Å². The minimum Gasteiger partial charge on any atom is -0.465 e. The Hall–Kier alpha value is -3.25. The van der Waals surface area contributed by atoms with Crippen LogP contribution in [0.1, 0.15) is 17.4 Å². The van der Waals surface area contributed by atoms with Gasteiger partial charge >= 0.3 is 5.97 Å². The summed E-state index contributed by atoms with van der Waals surface area (Å²) in [6.07, 6.45) is 4.28. The predicted molar refractivity (Wildman–Crippen MR) is 113 cm³/mol. The van der Waals surface area contributed by atoms with Crippen molar-refractivity contribution in [2.24, 2.45) is 0 Å². The van der Waals surface area contributed by atoms with E-state index >= 15 is 0 Å². The molecule has 1 amide bonds. The first-order chi connectivity index (χ1) is 14.2. The molecular weight excluding hydrogens is 386 g/mol. The molecule has 1 aliphatic heterocycles. The molecule has 1 aliphatic rings. The number of hydrogen-bond donors (Lipinski definition) is 0. The lowest BCUT2D eigenvalue weighted by Crippen LogP contribution is -2.41. The SMILES string of the molecule is O=C(/C=C/c1ccco1)OCC(=O)N1c2ccccc2SC[C@@H]1c1ccccc1. The van der Waals surface area contributed by atoms with Gasteiger partial charge in [0.1, 0.15) is 5.76 Å². The molecule has 146 valence electrons. The van der Waals surface area contributed by atoms with Crippen LogP contribution in [0.3, 0.4) is 0 Å². The Bertz CT molecular complexity index is 1010. The molecular formula is C23H19NO4S. The number of para-hydroxylation sites is 1. The van der Waals surface area contributed by atoms with E-state index in [2.05, 4.69) is 0 Å². The highest BCUT2D eigenvalue weighted by atomic mass is 32.2. The van der Waals surface area contributed by atoms with E-state index in [0.29, 0.717) is 5.76 Å². The van der Waals surface area contributed by atoms with Gasteiger partial charge in [-0.2, -0.15) is 0 Å². The zero-order chi connectivity index (χ0) is 20.1. The lowest BCUT2D eigenvalue weighted by atomic mass is 10.1. The molecule has 1 aromatic heterocycles. The van der Waals surface area contributed by atoms with E-state index in [1.54, 1.807) is 28.8 Å². The standard InChI is InChI=1S/C23H19NO4S/c25-22(15-28-23(26)13-12-18-9-6-14-27-18)24-19-10-4-5-11-21(19)29-16-20(24)17-7-2-1-3-8-17/h1-14,20H,15-16H2/b13-12+/t20-/m1/s1. The average molecular weight is 405 g/mol. The summed E-state index contributed by atoms with van der Waals surface area (Å²) in [6.45, 7) is -0.330. The van der Waals surface area contributed by atoms with E-state index in [1.165, 1.54) is 18.4 Å². The summed E-state index contributed by atoms with van der Waals surface area (Å²) < 4.78 is 10.3. The number of anilines is 1. The third kappa shape index (κ3) is 4.43. The Labute approximate surface area is 173 Å². The molecule has 2 heterocycles. The first kappa shape index (κ1) is 19.1. The van der Waals surface area contributed by atoms with Gasteiger partial charge in [-0.25, -0.2) is 4.79 Å². The average Bonchev–Trinajstić information content (AvgIpc) is 3.29. The van der Waals surface area contributed by atoms with Crippen molar-refractivity contribution < 1.29 is 18.7 Å². The maximum absolute atomic E-state index is 13.1. The van der Waals surface area contributed by atoms with Crippen LogP contribution in [0.15, 0.2) is 88.4 Å². The molecule has 0 radical (unpaired) electrons. The Morgan fingerprint density at radius 3 is 2.66 bits per heavy atom. The quantitative estimate of drug-likeness (QED) is 0.454. The highest BCUT2D eigenvalue weighted by molar-refractivity contribution is 7.99. The maximum atomic E-state index is 13.1. The van der Waals surface area contributed by atoms with Crippen LogP contribution >= 0.6 is 11.8 Å². The van der Waals surface area contributed by atoms with Gasteiger partial charge in [0.15, 0.2) is 6.61 Å². The van der Waals surface area contributed by atoms with E-state index in [-0.39, 0.29) is 18.6 Å². The van der Waals surface area contributed by atoms with E-state index < -0.39 is 5.97 Å². The summed E-state index contributed by atoms with van der Waals surface area (Å²) in [6, 6.07) is 21.0. The number of benzene rings is 2. The summed E-state index contributed by atoms with van der Waals surface area (Å²) in [5, 5.41) is 0. The number of ether oxygens (including phenoxy) is 1. The van der Waals surface area contributed by atoms with Crippen LogP contribution in [-0.2, 0) is 14.3 Å². The molecule has 4 rings (SSSR count). The van der Waals surface area contributed by atoms with Crippen LogP contribution in [0.4, 0.5) is 5.69 Å². The molecule has 0 saturated heterocycles. The van der Waals surface area contributed by atoms with Gasteiger partial charge in [-0.1, -0.05) is 42.5 Å². The Balaban J connectivity index is 1.51. The predicted octanol–water partition coefficient (Wildman–Crippen LogP) is 4.72. The van der Waals surface area contributed by atoms with Crippen molar-refractivity contribution in [1.29, 1.82) is 0 Å². The van der Waals surface area contributed by atoms with Gasteiger partial charge < -0.3 is 9.15 Å². The number of nitrogens with zero attached hydrogens (tertiary/aromatic N) is 1. The Kier molecular flexibility index (Phi) is 5.81. The topological polar surface area (TPSA) is 59.8 Å². The molecule has 0 aliphatic carbocycles. The molecule has 3 aromatic rings. The van der Waals surface area contributed by atoms with Crippen molar-refractivity contribution in [2.45, 2.75) is 10.9 Å². The van der Waals surface area contributed by atoms with Crippen LogP contribution < -0.4 is 4.90 Å². The van der Waals surface area contributed by atoms with E-state index in [0.717, 1.165) is 21.9 Å². The number of esters is 1. The summed E-state index contributed by atoms with van der Waals surface area (Å²) in [5.74, 6) is 0.426. The lowest BCUT2D eigenvalue weighted by Gasteiger charge is -2.37. The number of thioether (sulfide) groups is 1. The molecule has 2 aromatic carbocycles. The van der Waals surface area contributed by atoms with Gasteiger partial charge in [0.25, 0.3) is 5.91 Å². The summed E-state index contributed by atoms with van der Waals surface area (Å²) in [7, 11) is 0. The zero-order valence-corrected chi connectivity index (χ0v) is 16.4. The van der Waals surface area contributed by atoms with Crippen molar-refractivity contribution in [3.8, 4) is 0 Å². The molecule has 0 N–H and O–H groups in total. The van der Waals surface area contributed by atoms with E-state index in [4.69, 9.17) is 9.15 Å². The minimum atomic E-state index is -0.592. The first-order valence-corrected chi connectivity index (χ1v) is 10.2. The second-order valence-electron chi connectivity index (χ2n) is 6.43. The van der Waals surface area contributed by atoms with Gasteiger partial charge in [0, 0.05) is 16.7 Å². The fourth-order valence-corrected chi connectivity index (χ4v) is 4.37. The van der Waals surface area contributed by atoms with Gasteiger partial charge in [-0.15, -0.1) is 11.8 Å². The number of fused-ring (bicyclic) bond motifs is 1. The van der Waals surface area contributed by atoms with Crippen molar-refractivity contribution in [3.05, 3.63) is 90.4 Å². The highest BCUT2D eigenvalue weighted by Gasteiger charge is 2.32. The number of carbonyl (C=O) groups excluding carboxylic acids is 2. The minimum absolute atomic E-state index is 0.124. The monoisotopic (exact) mass is 405 g/mol. The van der Waals surface area contributed by atoms with Crippen LogP contribution in [0.5, 0.6) is 0 Å². The molecule has 5 nitrogen and oxygen atoms in total. The lowest BCUT2D eigenvalue weighted by molar-refractivity contribution is -0.143. The van der Waals surface area contributed by atoms with Crippen LogP contribution in [0.2, 0.25) is 0 Å². The highest BCUT2D eigenvalue weighted by Crippen LogP contribution is 2.43. The molecule has 0 spiro atoms.